The molecule has 0 unspecified atom stereocenters. The van der Waals surface area contributed by atoms with Gasteiger partial charge in [-0.05, 0) is 42.2 Å². The molecule has 138 valence electrons. The number of hydrogen-bond acceptors (Lipinski definition) is 5. The highest BCUT2D eigenvalue weighted by molar-refractivity contribution is 8.00. The minimum Gasteiger partial charge on any atom is -0.273 e. The van der Waals surface area contributed by atoms with Crippen molar-refractivity contribution in [2.24, 2.45) is 11.8 Å². The fourth-order valence-electron chi connectivity index (χ4n) is 2.78. The van der Waals surface area contributed by atoms with Gasteiger partial charge in [0.25, 0.3) is 5.91 Å². The van der Waals surface area contributed by atoms with Gasteiger partial charge < -0.3 is 0 Å². The van der Waals surface area contributed by atoms with Gasteiger partial charge in [0.05, 0.1) is 10.2 Å². The predicted molar refractivity (Wildman–Crippen MR) is 109 cm³/mol. The highest BCUT2D eigenvalue weighted by Gasteiger charge is 2.39. The van der Waals surface area contributed by atoms with E-state index >= 15 is 0 Å². The van der Waals surface area contributed by atoms with Crippen molar-refractivity contribution in [1.82, 2.24) is 15.8 Å². The van der Waals surface area contributed by atoms with Crippen LogP contribution >= 0.6 is 23.1 Å². The molecule has 0 radical (unpaired) electrons. The lowest BCUT2D eigenvalue weighted by molar-refractivity contribution is -0.123. The van der Waals surface area contributed by atoms with Gasteiger partial charge in [0.2, 0.25) is 5.91 Å². The van der Waals surface area contributed by atoms with Gasteiger partial charge in [-0.2, -0.15) is 0 Å². The third kappa shape index (κ3) is 4.31. The molecule has 5 nitrogen and oxygen atoms in total. The number of fused-ring (bicyclic) bond motifs is 1. The molecule has 1 aliphatic rings. The van der Waals surface area contributed by atoms with Crippen molar-refractivity contribution in [3.8, 4) is 0 Å². The quantitative estimate of drug-likeness (QED) is 0.504. The summed E-state index contributed by atoms with van der Waals surface area (Å²) in [5.74, 6) is 0.820. The first-order valence-corrected chi connectivity index (χ1v) is 10.6. The number of thiazole rings is 1. The zero-order valence-electron chi connectivity index (χ0n) is 14.8. The summed E-state index contributed by atoms with van der Waals surface area (Å²) >= 11 is 3.38. The molecule has 1 aromatic heterocycles. The standard InChI is InChI=1S/C20H19N3O2S2/c1-12-10-15(12)19(25)23-22-18(24)14-8-6-13(7-9-14)11-26-20-21-16-4-2-3-5-17(16)27-20/h2-9,12,15H,10-11H2,1H3,(H,22,24)(H,23,25)/t12-,15+/m1/s1. The van der Waals surface area contributed by atoms with Crippen molar-refractivity contribution in [3.63, 3.8) is 0 Å². The molecule has 1 fully saturated rings. The maximum absolute atomic E-state index is 12.1. The molecule has 0 saturated heterocycles. The fourth-order valence-corrected chi connectivity index (χ4v) is 4.81. The normalized spacial score (nSPS) is 18.3. The first kappa shape index (κ1) is 18.0. The number of hydrogen-bond donors (Lipinski definition) is 2. The molecular formula is C20H19N3O2S2. The van der Waals surface area contributed by atoms with Crippen LogP contribution in [0.3, 0.4) is 0 Å². The topological polar surface area (TPSA) is 71.1 Å². The zero-order chi connectivity index (χ0) is 18.8. The van der Waals surface area contributed by atoms with Crippen LogP contribution in [-0.4, -0.2) is 16.8 Å². The van der Waals surface area contributed by atoms with E-state index in [9.17, 15) is 9.59 Å². The Balaban J connectivity index is 1.30. The van der Waals surface area contributed by atoms with Crippen LogP contribution in [0.1, 0.15) is 29.3 Å². The summed E-state index contributed by atoms with van der Waals surface area (Å²) in [7, 11) is 0. The second-order valence-corrected chi connectivity index (χ2v) is 8.95. The van der Waals surface area contributed by atoms with Gasteiger partial charge in [0, 0.05) is 17.2 Å². The van der Waals surface area contributed by atoms with Crippen LogP contribution in [-0.2, 0) is 10.5 Å². The maximum Gasteiger partial charge on any atom is 0.269 e. The number of carbonyl (C=O) groups is 2. The van der Waals surface area contributed by atoms with Crippen molar-refractivity contribution in [2.75, 3.05) is 0 Å². The fraction of sp³-hybridized carbons (Fsp3) is 0.250. The van der Waals surface area contributed by atoms with Crippen LogP contribution < -0.4 is 10.9 Å². The summed E-state index contributed by atoms with van der Waals surface area (Å²) in [5.41, 5.74) is 7.64. The minimum absolute atomic E-state index is 0.0345. The summed E-state index contributed by atoms with van der Waals surface area (Å²) in [6.45, 7) is 2.02. The van der Waals surface area contributed by atoms with E-state index in [1.165, 1.54) is 4.70 Å². The summed E-state index contributed by atoms with van der Waals surface area (Å²) in [6, 6.07) is 15.5. The molecule has 27 heavy (non-hydrogen) atoms. The smallest absolute Gasteiger partial charge is 0.269 e. The van der Waals surface area contributed by atoms with Gasteiger partial charge in [-0.1, -0.05) is 43.0 Å². The third-order valence-corrected chi connectivity index (χ3v) is 6.85. The second kappa shape index (κ2) is 7.70. The average molecular weight is 398 g/mol. The predicted octanol–water partition coefficient (Wildman–Crippen LogP) is 4.01. The summed E-state index contributed by atoms with van der Waals surface area (Å²) in [5, 5.41) is 0. The Labute approximate surface area is 165 Å². The number of aromatic nitrogens is 1. The van der Waals surface area contributed by atoms with Crippen LogP contribution in [0.4, 0.5) is 0 Å². The number of amides is 2. The van der Waals surface area contributed by atoms with Crippen molar-refractivity contribution in [1.29, 1.82) is 0 Å². The first-order valence-electron chi connectivity index (χ1n) is 8.77. The number of thioether (sulfide) groups is 1. The molecule has 2 amide bonds. The highest BCUT2D eigenvalue weighted by atomic mass is 32.2. The van der Waals surface area contributed by atoms with E-state index in [0.29, 0.717) is 11.5 Å². The molecule has 2 aromatic carbocycles. The molecule has 1 aliphatic carbocycles. The number of rotatable bonds is 5. The molecule has 3 aromatic rings. The van der Waals surface area contributed by atoms with Crippen LogP contribution in [0.5, 0.6) is 0 Å². The zero-order valence-corrected chi connectivity index (χ0v) is 16.4. The summed E-state index contributed by atoms with van der Waals surface area (Å²) in [4.78, 5) is 28.5. The number of nitrogens with one attached hydrogen (secondary N) is 2. The highest BCUT2D eigenvalue weighted by Crippen LogP contribution is 2.37. The van der Waals surface area contributed by atoms with Gasteiger partial charge in [0.1, 0.15) is 0 Å². The average Bonchev–Trinajstić information content (AvgIpc) is 3.27. The van der Waals surface area contributed by atoms with Crippen molar-refractivity contribution in [2.45, 2.75) is 23.4 Å². The molecule has 7 heteroatoms. The van der Waals surface area contributed by atoms with Gasteiger partial charge in [-0.15, -0.1) is 11.3 Å². The van der Waals surface area contributed by atoms with Gasteiger partial charge in [-0.25, -0.2) is 4.98 Å². The van der Waals surface area contributed by atoms with Crippen LogP contribution in [0.2, 0.25) is 0 Å². The molecule has 1 saturated carbocycles. The molecular weight excluding hydrogens is 378 g/mol. The van der Waals surface area contributed by atoms with E-state index in [1.807, 2.05) is 37.3 Å². The number of benzene rings is 2. The second-order valence-electron chi connectivity index (χ2n) is 6.70. The Morgan fingerprint density at radius 3 is 2.59 bits per heavy atom. The number of nitrogens with zero attached hydrogens (tertiary/aromatic N) is 1. The molecule has 0 aliphatic heterocycles. The third-order valence-electron chi connectivity index (χ3n) is 4.60. The van der Waals surface area contributed by atoms with Crippen LogP contribution in [0.25, 0.3) is 10.2 Å². The van der Waals surface area contributed by atoms with E-state index in [0.717, 1.165) is 27.6 Å². The molecule has 2 N–H and O–H groups in total. The van der Waals surface area contributed by atoms with Crippen molar-refractivity contribution >= 4 is 45.1 Å². The number of hydrazine groups is 1. The molecule has 4 rings (SSSR count). The lowest BCUT2D eigenvalue weighted by Crippen LogP contribution is -2.42. The van der Waals surface area contributed by atoms with E-state index < -0.39 is 0 Å². The lowest BCUT2D eigenvalue weighted by atomic mass is 10.1. The maximum atomic E-state index is 12.1. The van der Waals surface area contributed by atoms with Gasteiger partial charge in [-0.3, -0.25) is 20.4 Å². The van der Waals surface area contributed by atoms with Crippen molar-refractivity contribution in [3.05, 3.63) is 59.7 Å². The summed E-state index contributed by atoms with van der Waals surface area (Å²) in [6.07, 6.45) is 0.892. The van der Waals surface area contributed by atoms with Gasteiger partial charge >= 0.3 is 0 Å². The van der Waals surface area contributed by atoms with E-state index in [4.69, 9.17) is 0 Å². The molecule has 0 bridgehead atoms. The van der Waals surface area contributed by atoms with E-state index in [1.54, 1.807) is 35.2 Å². The van der Waals surface area contributed by atoms with Crippen LogP contribution in [0.15, 0.2) is 52.9 Å². The lowest BCUT2D eigenvalue weighted by Gasteiger charge is -2.07. The largest absolute Gasteiger partial charge is 0.273 e. The Hall–Kier alpha value is -2.38. The van der Waals surface area contributed by atoms with E-state index in [2.05, 4.69) is 21.9 Å². The number of carbonyl (C=O) groups excluding carboxylic acids is 2. The molecule has 1 heterocycles. The molecule has 0 spiro atoms. The Kier molecular flexibility index (Phi) is 5.13. The monoisotopic (exact) mass is 397 g/mol. The minimum atomic E-state index is -0.304. The Morgan fingerprint density at radius 1 is 1.15 bits per heavy atom. The van der Waals surface area contributed by atoms with Gasteiger partial charge in [0.15, 0.2) is 4.34 Å². The van der Waals surface area contributed by atoms with Crippen LogP contribution in [0, 0.1) is 11.8 Å². The Morgan fingerprint density at radius 2 is 1.89 bits per heavy atom. The summed E-state index contributed by atoms with van der Waals surface area (Å²) < 4.78 is 2.23. The molecule has 2 atom stereocenters. The SMILES string of the molecule is C[C@@H]1C[C@@H]1C(=O)NNC(=O)c1ccc(CSc2nc3ccccc3s2)cc1. The Bertz CT molecular complexity index is 951. The van der Waals surface area contributed by atoms with Crippen molar-refractivity contribution < 1.29 is 9.59 Å². The van der Waals surface area contributed by atoms with E-state index in [-0.39, 0.29) is 17.7 Å². The number of para-hydroxylation sites is 1. The first-order chi connectivity index (χ1) is 13.1.